The summed E-state index contributed by atoms with van der Waals surface area (Å²) in [5.41, 5.74) is 7.32. The minimum atomic E-state index is -0.0672. The lowest BCUT2D eigenvalue weighted by atomic mass is 10.2. The summed E-state index contributed by atoms with van der Waals surface area (Å²) >= 11 is 0. The van der Waals surface area contributed by atoms with Crippen LogP contribution in [0.25, 0.3) is 0 Å². The number of nitrogens with two attached hydrogens (primary N) is 1. The summed E-state index contributed by atoms with van der Waals surface area (Å²) in [5.74, 6) is -0.0672. The Morgan fingerprint density at radius 2 is 2.00 bits per heavy atom. The second-order valence-corrected chi connectivity index (χ2v) is 4.45. The standard InChI is InChI=1S/C14H23N3O2/c1-2-7-17(8-9-18)11-14(19)16-13-5-3-12(10-15)4-6-13/h3-6,18H,2,7-11,15H2,1H3,(H,16,19). The summed E-state index contributed by atoms with van der Waals surface area (Å²) in [4.78, 5) is 13.8. The van der Waals surface area contributed by atoms with E-state index in [-0.39, 0.29) is 12.5 Å². The number of nitrogens with zero attached hydrogens (tertiary/aromatic N) is 1. The van der Waals surface area contributed by atoms with Crippen molar-refractivity contribution in [2.24, 2.45) is 5.73 Å². The topological polar surface area (TPSA) is 78.6 Å². The van der Waals surface area contributed by atoms with Crippen molar-refractivity contribution in [2.75, 3.05) is 31.6 Å². The molecule has 0 radical (unpaired) electrons. The Balaban J connectivity index is 2.48. The molecule has 0 atom stereocenters. The van der Waals surface area contributed by atoms with E-state index in [9.17, 15) is 4.79 Å². The first-order valence-corrected chi connectivity index (χ1v) is 6.61. The second kappa shape index (κ2) is 8.63. The van der Waals surface area contributed by atoms with E-state index in [0.29, 0.717) is 19.6 Å². The number of carbonyl (C=O) groups excluding carboxylic acids is 1. The number of aliphatic hydroxyl groups excluding tert-OH is 1. The van der Waals surface area contributed by atoms with Crippen LogP contribution in [0.5, 0.6) is 0 Å². The summed E-state index contributed by atoms with van der Waals surface area (Å²) in [6.07, 6.45) is 0.957. The number of nitrogens with one attached hydrogen (secondary N) is 1. The van der Waals surface area contributed by atoms with E-state index in [1.807, 2.05) is 36.1 Å². The van der Waals surface area contributed by atoms with Crippen LogP contribution in [0.3, 0.4) is 0 Å². The zero-order chi connectivity index (χ0) is 14.1. The molecule has 1 aromatic rings. The molecule has 0 aliphatic rings. The Labute approximate surface area is 114 Å². The number of aliphatic hydroxyl groups is 1. The second-order valence-electron chi connectivity index (χ2n) is 4.45. The Morgan fingerprint density at radius 3 is 2.53 bits per heavy atom. The van der Waals surface area contributed by atoms with Gasteiger partial charge in [0.25, 0.3) is 0 Å². The Bertz CT molecular complexity index is 373. The van der Waals surface area contributed by atoms with Crippen LogP contribution in [0.1, 0.15) is 18.9 Å². The first-order chi connectivity index (χ1) is 9.19. The van der Waals surface area contributed by atoms with Gasteiger partial charge in [0, 0.05) is 18.8 Å². The summed E-state index contributed by atoms with van der Waals surface area (Å²) in [5, 5.41) is 11.8. The van der Waals surface area contributed by atoms with Gasteiger partial charge in [-0.25, -0.2) is 0 Å². The van der Waals surface area contributed by atoms with Crippen molar-refractivity contribution < 1.29 is 9.90 Å². The van der Waals surface area contributed by atoms with E-state index in [1.54, 1.807) is 0 Å². The maximum absolute atomic E-state index is 11.9. The maximum Gasteiger partial charge on any atom is 0.238 e. The summed E-state index contributed by atoms with van der Waals surface area (Å²) in [6, 6.07) is 7.48. The zero-order valence-corrected chi connectivity index (χ0v) is 11.4. The Kier molecular flexibility index (Phi) is 7.10. The van der Waals surface area contributed by atoms with Crippen LogP contribution in [-0.2, 0) is 11.3 Å². The molecule has 0 saturated carbocycles. The fraction of sp³-hybridized carbons (Fsp3) is 0.500. The molecule has 106 valence electrons. The summed E-state index contributed by atoms with van der Waals surface area (Å²) < 4.78 is 0. The molecule has 0 spiro atoms. The van der Waals surface area contributed by atoms with Crippen molar-refractivity contribution in [3.8, 4) is 0 Å². The van der Waals surface area contributed by atoms with Crippen molar-refractivity contribution in [3.05, 3.63) is 29.8 Å². The van der Waals surface area contributed by atoms with Gasteiger partial charge in [-0.3, -0.25) is 9.69 Å². The first-order valence-electron chi connectivity index (χ1n) is 6.61. The van der Waals surface area contributed by atoms with Gasteiger partial charge in [-0.15, -0.1) is 0 Å². The van der Waals surface area contributed by atoms with E-state index < -0.39 is 0 Å². The van der Waals surface area contributed by atoms with Crippen LogP contribution in [0.2, 0.25) is 0 Å². The molecule has 0 aliphatic carbocycles. The molecule has 0 aromatic heterocycles. The van der Waals surface area contributed by atoms with E-state index in [2.05, 4.69) is 5.32 Å². The molecule has 0 fully saturated rings. The molecule has 1 aromatic carbocycles. The predicted octanol–water partition coefficient (Wildman–Crippen LogP) is 0.788. The van der Waals surface area contributed by atoms with Gasteiger partial charge in [-0.05, 0) is 30.7 Å². The molecule has 0 bridgehead atoms. The number of rotatable bonds is 8. The molecule has 5 nitrogen and oxygen atoms in total. The largest absolute Gasteiger partial charge is 0.395 e. The molecular weight excluding hydrogens is 242 g/mol. The number of benzene rings is 1. The van der Waals surface area contributed by atoms with Crippen molar-refractivity contribution in [2.45, 2.75) is 19.9 Å². The minimum Gasteiger partial charge on any atom is -0.395 e. The van der Waals surface area contributed by atoms with E-state index in [0.717, 1.165) is 24.2 Å². The van der Waals surface area contributed by atoms with Gasteiger partial charge in [-0.2, -0.15) is 0 Å². The molecular formula is C14H23N3O2. The number of anilines is 1. The highest BCUT2D eigenvalue weighted by molar-refractivity contribution is 5.92. The smallest absolute Gasteiger partial charge is 0.238 e. The third-order valence-corrected chi connectivity index (χ3v) is 2.80. The molecule has 19 heavy (non-hydrogen) atoms. The average molecular weight is 265 g/mol. The van der Waals surface area contributed by atoms with Gasteiger partial charge >= 0.3 is 0 Å². The molecule has 0 unspecified atom stereocenters. The van der Waals surface area contributed by atoms with E-state index in [4.69, 9.17) is 10.8 Å². The average Bonchev–Trinajstić information content (AvgIpc) is 2.40. The summed E-state index contributed by atoms with van der Waals surface area (Å²) in [7, 11) is 0. The highest BCUT2D eigenvalue weighted by Crippen LogP contribution is 2.09. The summed E-state index contributed by atoms with van der Waals surface area (Å²) in [6.45, 7) is 4.24. The zero-order valence-electron chi connectivity index (χ0n) is 11.4. The molecule has 0 saturated heterocycles. The van der Waals surface area contributed by atoms with Crippen LogP contribution in [0, 0.1) is 0 Å². The highest BCUT2D eigenvalue weighted by atomic mass is 16.3. The molecule has 1 amide bonds. The van der Waals surface area contributed by atoms with Gasteiger partial charge in [0.15, 0.2) is 0 Å². The number of hydrogen-bond acceptors (Lipinski definition) is 4. The lowest BCUT2D eigenvalue weighted by Gasteiger charge is -2.19. The Hall–Kier alpha value is -1.43. The third-order valence-electron chi connectivity index (χ3n) is 2.80. The number of carbonyl (C=O) groups is 1. The highest BCUT2D eigenvalue weighted by Gasteiger charge is 2.09. The Morgan fingerprint density at radius 1 is 1.32 bits per heavy atom. The quantitative estimate of drug-likeness (QED) is 0.649. The fourth-order valence-electron chi connectivity index (χ4n) is 1.86. The fourth-order valence-corrected chi connectivity index (χ4v) is 1.86. The SMILES string of the molecule is CCCN(CCO)CC(=O)Nc1ccc(CN)cc1. The maximum atomic E-state index is 11.9. The van der Waals surface area contributed by atoms with Gasteiger partial charge < -0.3 is 16.2 Å². The predicted molar refractivity (Wildman–Crippen MR) is 76.8 cm³/mol. The molecule has 0 heterocycles. The lowest BCUT2D eigenvalue weighted by molar-refractivity contribution is -0.117. The number of hydrogen-bond donors (Lipinski definition) is 3. The normalized spacial score (nSPS) is 10.7. The molecule has 4 N–H and O–H groups in total. The van der Waals surface area contributed by atoms with E-state index >= 15 is 0 Å². The van der Waals surface area contributed by atoms with E-state index in [1.165, 1.54) is 0 Å². The van der Waals surface area contributed by atoms with Crippen LogP contribution < -0.4 is 11.1 Å². The third kappa shape index (κ3) is 5.83. The number of amides is 1. The van der Waals surface area contributed by atoms with Crippen molar-refractivity contribution >= 4 is 11.6 Å². The monoisotopic (exact) mass is 265 g/mol. The lowest BCUT2D eigenvalue weighted by Crippen LogP contribution is -2.35. The van der Waals surface area contributed by atoms with Gasteiger partial charge in [-0.1, -0.05) is 19.1 Å². The molecule has 0 aliphatic heterocycles. The van der Waals surface area contributed by atoms with Crippen LogP contribution in [0.15, 0.2) is 24.3 Å². The minimum absolute atomic E-state index is 0.0672. The molecule has 5 heteroatoms. The van der Waals surface area contributed by atoms with Gasteiger partial charge in [0.2, 0.25) is 5.91 Å². The first kappa shape index (κ1) is 15.6. The van der Waals surface area contributed by atoms with Crippen molar-refractivity contribution in [3.63, 3.8) is 0 Å². The molecule has 1 rings (SSSR count). The van der Waals surface area contributed by atoms with Crippen LogP contribution >= 0.6 is 0 Å². The van der Waals surface area contributed by atoms with Gasteiger partial charge in [0.05, 0.1) is 13.2 Å². The van der Waals surface area contributed by atoms with Crippen LogP contribution in [0.4, 0.5) is 5.69 Å². The van der Waals surface area contributed by atoms with Crippen LogP contribution in [-0.4, -0.2) is 42.2 Å². The van der Waals surface area contributed by atoms with Gasteiger partial charge in [0.1, 0.15) is 0 Å². The van der Waals surface area contributed by atoms with Crippen molar-refractivity contribution in [1.29, 1.82) is 0 Å². The van der Waals surface area contributed by atoms with Crippen molar-refractivity contribution in [1.82, 2.24) is 4.90 Å².